The third kappa shape index (κ3) is 2.87. The van der Waals surface area contributed by atoms with E-state index in [1.165, 1.54) is 5.56 Å². The Bertz CT molecular complexity index is 1010. The van der Waals surface area contributed by atoms with E-state index in [0.29, 0.717) is 0 Å². The lowest BCUT2D eigenvalue weighted by atomic mass is 10.2. The van der Waals surface area contributed by atoms with Crippen LogP contribution in [0.2, 0.25) is 5.02 Å². The van der Waals surface area contributed by atoms with Gasteiger partial charge in [-0.3, -0.25) is 0 Å². The number of furan rings is 1. The van der Waals surface area contributed by atoms with E-state index >= 15 is 0 Å². The van der Waals surface area contributed by atoms with Crippen LogP contribution in [0.4, 0.5) is 0 Å². The van der Waals surface area contributed by atoms with Crippen LogP contribution in [0.25, 0.3) is 22.1 Å². The Morgan fingerprint density at radius 1 is 1.04 bits per heavy atom. The molecule has 4 aromatic rings. The van der Waals surface area contributed by atoms with Crippen molar-refractivity contribution >= 4 is 45.4 Å². The molecule has 2 aromatic carbocycles. The third-order valence-corrected chi connectivity index (χ3v) is 5.12. The fourth-order valence-corrected chi connectivity index (χ4v) is 3.66. The summed E-state index contributed by atoms with van der Waals surface area (Å²) >= 11 is 7.61. The Balaban J connectivity index is 1.77. The first-order valence-corrected chi connectivity index (χ1v) is 9.16. The summed E-state index contributed by atoms with van der Waals surface area (Å²) in [6.07, 6.45) is 0.796. The molecule has 3 nitrogen and oxygen atoms in total. The number of aromatic nitrogens is 2. The molecule has 0 atom stereocenters. The second kappa shape index (κ2) is 6.46. The monoisotopic (exact) mass is 354 g/mol. The molecule has 0 radical (unpaired) electrons. The number of hydrogen-bond donors (Lipinski definition) is 0. The summed E-state index contributed by atoms with van der Waals surface area (Å²) in [4.78, 5) is 9.35. The molecular formula is C19H15ClN2OS. The fourth-order valence-electron chi connectivity index (χ4n) is 2.60. The molecule has 0 saturated heterocycles. The number of nitrogens with zero attached hydrogens (tertiary/aromatic N) is 2. The van der Waals surface area contributed by atoms with Gasteiger partial charge in [-0.1, -0.05) is 54.6 Å². The molecule has 0 N–H and O–H groups in total. The van der Waals surface area contributed by atoms with Crippen LogP contribution in [0.5, 0.6) is 0 Å². The van der Waals surface area contributed by atoms with E-state index in [1.807, 2.05) is 48.5 Å². The number of para-hydroxylation sites is 1. The van der Waals surface area contributed by atoms with Crippen LogP contribution in [-0.4, -0.2) is 9.97 Å². The Morgan fingerprint density at radius 3 is 2.62 bits per heavy atom. The zero-order valence-electron chi connectivity index (χ0n) is 13.1. The first-order valence-electron chi connectivity index (χ1n) is 7.80. The number of benzene rings is 2. The van der Waals surface area contributed by atoms with Crippen molar-refractivity contribution in [1.29, 1.82) is 0 Å². The summed E-state index contributed by atoms with van der Waals surface area (Å²) in [6, 6.07) is 15.9. The largest absolute Gasteiger partial charge is 0.451 e. The Morgan fingerprint density at radius 2 is 1.83 bits per heavy atom. The predicted molar refractivity (Wildman–Crippen MR) is 99.7 cm³/mol. The zero-order chi connectivity index (χ0) is 16.5. The molecule has 0 aliphatic carbocycles. The van der Waals surface area contributed by atoms with Crippen molar-refractivity contribution in [1.82, 2.24) is 9.97 Å². The molecule has 0 amide bonds. The average molecular weight is 355 g/mol. The second-order valence-corrected chi connectivity index (χ2v) is 6.89. The Kier molecular flexibility index (Phi) is 4.17. The van der Waals surface area contributed by atoms with Gasteiger partial charge in [-0.05, 0) is 29.8 Å². The quantitative estimate of drug-likeness (QED) is 0.338. The molecule has 2 heterocycles. The average Bonchev–Trinajstić information content (AvgIpc) is 2.99. The number of rotatable bonds is 4. The molecule has 4 rings (SSSR count). The summed E-state index contributed by atoms with van der Waals surface area (Å²) in [5.41, 5.74) is 3.72. The molecule has 0 bridgehead atoms. The van der Waals surface area contributed by atoms with Gasteiger partial charge in [0.2, 0.25) is 0 Å². The van der Waals surface area contributed by atoms with E-state index in [-0.39, 0.29) is 0 Å². The van der Waals surface area contributed by atoms with E-state index < -0.39 is 0 Å². The van der Waals surface area contributed by atoms with E-state index in [9.17, 15) is 0 Å². The molecule has 120 valence electrons. The minimum absolute atomic E-state index is 0.749. The minimum Gasteiger partial charge on any atom is -0.451 e. The summed E-state index contributed by atoms with van der Waals surface area (Å²) in [5.74, 6) is 1.65. The predicted octanol–water partition coefficient (Wildman–Crippen LogP) is 5.88. The summed E-state index contributed by atoms with van der Waals surface area (Å²) in [5, 5.41) is 2.68. The van der Waals surface area contributed by atoms with Crippen molar-refractivity contribution in [2.45, 2.75) is 24.1 Å². The maximum Gasteiger partial charge on any atom is 0.186 e. The van der Waals surface area contributed by atoms with Crippen LogP contribution in [0.3, 0.4) is 0 Å². The highest BCUT2D eigenvalue weighted by atomic mass is 35.5. The van der Waals surface area contributed by atoms with Crippen molar-refractivity contribution < 1.29 is 4.42 Å². The summed E-state index contributed by atoms with van der Waals surface area (Å²) in [6.45, 7) is 2.07. The second-order valence-electron chi connectivity index (χ2n) is 5.49. The summed E-state index contributed by atoms with van der Waals surface area (Å²) in [7, 11) is 0. The van der Waals surface area contributed by atoms with Crippen LogP contribution in [-0.2, 0) is 12.2 Å². The van der Waals surface area contributed by atoms with Gasteiger partial charge in [0.25, 0.3) is 0 Å². The van der Waals surface area contributed by atoms with Gasteiger partial charge in [0.05, 0.1) is 0 Å². The van der Waals surface area contributed by atoms with E-state index in [1.54, 1.807) is 11.8 Å². The Labute approximate surface area is 149 Å². The smallest absolute Gasteiger partial charge is 0.186 e. The Hall–Kier alpha value is -2.04. The molecule has 0 saturated carbocycles. The number of hydrogen-bond acceptors (Lipinski definition) is 4. The lowest BCUT2D eigenvalue weighted by Gasteiger charge is -2.04. The van der Waals surface area contributed by atoms with Crippen molar-refractivity contribution in [3.8, 4) is 0 Å². The number of halogens is 1. The molecular weight excluding hydrogens is 340 g/mol. The number of thioether (sulfide) groups is 1. The van der Waals surface area contributed by atoms with Crippen molar-refractivity contribution in [3.63, 3.8) is 0 Å². The lowest BCUT2D eigenvalue weighted by Crippen LogP contribution is -1.95. The van der Waals surface area contributed by atoms with Crippen molar-refractivity contribution in [2.24, 2.45) is 0 Å². The molecule has 0 aliphatic heterocycles. The third-order valence-electron chi connectivity index (χ3n) is 3.84. The van der Waals surface area contributed by atoms with Gasteiger partial charge in [-0.25, -0.2) is 9.97 Å². The van der Waals surface area contributed by atoms with Gasteiger partial charge in [-0.15, -0.1) is 0 Å². The standard InChI is InChI=1S/C19H15ClN2OS/c1-2-16-21-17-14-5-3-4-6-15(14)23-18(17)19(22-16)24-11-12-7-9-13(20)10-8-12/h3-10H,2,11H2,1H3. The van der Waals surface area contributed by atoms with E-state index in [0.717, 1.165) is 50.1 Å². The van der Waals surface area contributed by atoms with E-state index in [4.69, 9.17) is 16.0 Å². The molecule has 24 heavy (non-hydrogen) atoms. The molecule has 5 heteroatoms. The lowest BCUT2D eigenvalue weighted by molar-refractivity contribution is 0.651. The number of aryl methyl sites for hydroxylation is 1. The van der Waals surface area contributed by atoms with Gasteiger partial charge < -0.3 is 4.42 Å². The van der Waals surface area contributed by atoms with Gasteiger partial charge in [0.15, 0.2) is 5.58 Å². The highest BCUT2D eigenvalue weighted by Gasteiger charge is 2.15. The molecule has 0 spiro atoms. The SMILES string of the molecule is CCc1nc(SCc2ccc(Cl)cc2)c2oc3ccccc3c2n1. The van der Waals surface area contributed by atoms with Crippen LogP contribution >= 0.6 is 23.4 Å². The van der Waals surface area contributed by atoms with Crippen LogP contribution < -0.4 is 0 Å². The van der Waals surface area contributed by atoms with Gasteiger partial charge in [-0.2, -0.15) is 0 Å². The highest BCUT2D eigenvalue weighted by Crippen LogP contribution is 2.34. The maximum atomic E-state index is 6.02. The topological polar surface area (TPSA) is 38.9 Å². The van der Waals surface area contributed by atoms with Gasteiger partial charge >= 0.3 is 0 Å². The maximum absolute atomic E-state index is 6.02. The van der Waals surface area contributed by atoms with E-state index in [2.05, 4.69) is 16.9 Å². The first-order chi connectivity index (χ1) is 11.7. The fraction of sp³-hybridized carbons (Fsp3) is 0.158. The van der Waals surface area contributed by atoms with Gasteiger partial charge in [0.1, 0.15) is 22.0 Å². The normalized spacial score (nSPS) is 11.4. The molecule has 0 unspecified atom stereocenters. The van der Waals surface area contributed by atoms with Crippen molar-refractivity contribution in [3.05, 3.63) is 64.9 Å². The zero-order valence-corrected chi connectivity index (χ0v) is 14.7. The van der Waals surface area contributed by atoms with Crippen molar-refractivity contribution in [2.75, 3.05) is 0 Å². The molecule has 0 fully saturated rings. The molecule has 0 aliphatic rings. The highest BCUT2D eigenvalue weighted by molar-refractivity contribution is 7.98. The van der Waals surface area contributed by atoms with Crippen LogP contribution in [0, 0.1) is 0 Å². The molecule has 2 aromatic heterocycles. The minimum atomic E-state index is 0.749. The van der Waals surface area contributed by atoms with Crippen LogP contribution in [0.15, 0.2) is 58.0 Å². The first kappa shape index (κ1) is 15.5. The van der Waals surface area contributed by atoms with Gasteiger partial charge in [0, 0.05) is 22.6 Å². The number of fused-ring (bicyclic) bond motifs is 3. The summed E-state index contributed by atoms with van der Waals surface area (Å²) < 4.78 is 6.02. The van der Waals surface area contributed by atoms with Crippen LogP contribution in [0.1, 0.15) is 18.3 Å².